The summed E-state index contributed by atoms with van der Waals surface area (Å²) >= 11 is 0. The normalized spacial score (nSPS) is 15.5. The van der Waals surface area contributed by atoms with Crippen LogP contribution in [0.3, 0.4) is 0 Å². The molecule has 1 aliphatic heterocycles. The number of aryl methyl sites for hydroxylation is 1. The number of H-pyrrole nitrogens is 1. The number of fused-ring (bicyclic) bond motifs is 1. The predicted octanol–water partition coefficient (Wildman–Crippen LogP) is 2.77. The molecule has 1 saturated heterocycles. The van der Waals surface area contributed by atoms with Crippen molar-refractivity contribution in [2.75, 3.05) is 44.8 Å². The first kappa shape index (κ1) is 24.1. The smallest absolute Gasteiger partial charge is 0.253 e. The molecule has 1 atom stereocenters. The Balaban J connectivity index is 1.53. The van der Waals surface area contributed by atoms with Crippen LogP contribution in [0.5, 0.6) is 0 Å². The van der Waals surface area contributed by atoms with E-state index in [0.29, 0.717) is 56.4 Å². The number of methoxy groups -OCH3 is 1. The van der Waals surface area contributed by atoms with E-state index in [1.165, 1.54) is 11.6 Å². The minimum atomic E-state index is -0.460. The molecular formula is C26H30FN7O2. The molecule has 0 spiro atoms. The molecule has 10 heteroatoms. The Hall–Kier alpha value is -3.63. The van der Waals surface area contributed by atoms with E-state index in [2.05, 4.69) is 38.4 Å². The molecule has 0 saturated carbocycles. The number of aromatic amines is 1. The number of para-hydroxylation sites is 1. The van der Waals surface area contributed by atoms with E-state index in [1.807, 2.05) is 29.2 Å². The molecular weight excluding hydrogens is 461 g/mol. The zero-order valence-electron chi connectivity index (χ0n) is 20.5. The van der Waals surface area contributed by atoms with E-state index in [0.717, 1.165) is 17.3 Å². The lowest BCUT2D eigenvalue weighted by atomic mass is 10.0. The highest BCUT2D eigenvalue weighted by Crippen LogP contribution is 2.29. The summed E-state index contributed by atoms with van der Waals surface area (Å²) in [6, 6.07) is 14.4. The molecule has 9 nitrogen and oxygen atoms in total. The maximum atomic E-state index is 14.4. The van der Waals surface area contributed by atoms with Crippen molar-refractivity contribution in [1.82, 2.24) is 30.1 Å². The predicted molar refractivity (Wildman–Crippen MR) is 136 cm³/mol. The minimum absolute atomic E-state index is 0.172. The number of hydrogen-bond acceptors (Lipinski definition) is 7. The lowest BCUT2D eigenvalue weighted by Crippen LogP contribution is -2.49. The number of halogens is 1. The molecule has 3 heterocycles. The number of pyridine rings is 1. The second kappa shape index (κ2) is 10.5. The summed E-state index contributed by atoms with van der Waals surface area (Å²) in [5, 5.41) is 13.4. The van der Waals surface area contributed by atoms with Crippen LogP contribution >= 0.6 is 0 Å². The number of piperazine rings is 1. The van der Waals surface area contributed by atoms with Crippen LogP contribution in [0.2, 0.25) is 0 Å². The molecule has 2 aromatic carbocycles. The van der Waals surface area contributed by atoms with Crippen LogP contribution in [0.4, 0.5) is 10.1 Å². The number of ether oxygens (including phenoxy) is 1. The highest BCUT2D eigenvalue weighted by atomic mass is 19.1. The zero-order chi connectivity index (χ0) is 25.1. The number of benzene rings is 2. The number of hydrogen-bond donors (Lipinski definition) is 1. The first-order valence-electron chi connectivity index (χ1n) is 12.2. The fourth-order valence-corrected chi connectivity index (χ4v) is 4.87. The monoisotopic (exact) mass is 491 g/mol. The highest BCUT2D eigenvalue weighted by Gasteiger charge is 2.33. The van der Waals surface area contributed by atoms with Gasteiger partial charge in [0.05, 0.1) is 18.8 Å². The van der Waals surface area contributed by atoms with E-state index in [1.54, 1.807) is 23.9 Å². The first-order valence-corrected chi connectivity index (χ1v) is 12.2. The van der Waals surface area contributed by atoms with Crippen molar-refractivity contribution < 1.29 is 9.13 Å². The van der Waals surface area contributed by atoms with Crippen molar-refractivity contribution >= 4 is 16.6 Å². The lowest BCUT2D eigenvalue weighted by molar-refractivity contribution is 0.171. The SMILES string of the molecule is CCc1ccc2[nH]c(=O)c([C@@H](c3nnnn3CCOC)N3CCN(c4ccccc4F)CC3)cc2c1. The fourth-order valence-electron chi connectivity index (χ4n) is 4.87. The number of nitrogens with zero attached hydrogens (tertiary/aromatic N) is 6. The van der Waals surface area contributed by atoms with Crippen molar-refractivity contribution in [3.05, 3.63) is 81.7 Å². The Morgan fingerprint density at radius 3 is 2.67 bits per heavy atom. The van der Waals surface area contributed by atoms with Gasteiger partial charge in [0.25, 0.3) is 5.56 Å². The van der Waals surface area contributed by atoms with Gasteiger partial charge in [0.15, 0.2) is 5.82 Å². The Morgan fingerprint density at radius 2 is 1.92 bits per heavy atom. The summed E-state index contributed by atoms with van der Waals surface area (Å²) < 4.78 is 21.4. The van der Waals surface area contributed by atoms with Crippen LogP contribution in [0, 0.1) is 5.82 Å². The van der Waals surface area contributed by atoms with Crippen LogP contribution < -0.4 is 10.5 Å². The molecule has 0 amide bonds. The molecule has 5 rings (SSSR count). The second-order valence-corrected chi connectivity index (χ2v) is 8.96. The molecule has 36 heavy (non-hydrogen) atoms. The zero-order valence-corrected chi connectivity index (χ0v) is 20.5. The molecule has 0 unspecified atom stereocenters. The van der Waals surface area contributed by atoms with Crippen molar-refractivity contribution in [2.45, 2.75) is 25.9 Å². The molecule has 1 fully saturated rings. The molecule has 0 radical (unpaired) electrons. The quantitative estimate of drug-likeness (QED) is 0.405. The van der Waals surface area contributed by atoms with E-state index in [-0.39, 0.29) is 11.4 Å². The summed E-state index contributed by atoms with van der Waals surface area (Å²) in [5.74, 6) is 0.353. The van der Waals surface area contributed by atoms with E-state index >= 15 is 0 Å². The fraction of sp³-hybridized carbons (Fsp3) is 0.385. The Kier molecular flexibility index (Phi) is 7.06. The Labute approximate surface area is 208 Å². The van der Waals surface area contributed by atoms with E-state index in [9.17, 15) is 9.18 Å². The van der Waals surface area contributed by atoms with Gasteiger partial charge in [0.2, 0.25) is 0 Å². The van der Waals surface area contributed by atoms with Crippen LogP contribution in [-0.4, -0.2) is 70.0 Å². The maximum Gasteiger partial charge on any atom is 0.253 e. The van der Waals surface area contributed by atoms with Gasteiger partial charge in [-0.25, -0.2) is 9.07 Å². The van der Waals surface area contributed by atoms with E-state index in [4.69, 9.17) is 4.74 Å². The second-order valence-electron chi connectivity index (χ2n) is 8.96. The van der Waals surface area contributed by atoms with Crippen LogP contribution in [0.1, 0.15) is 29.9 Å². The van der Waals surface area contributed by atoms with Crippen molar-refractivity contribution in [1.29, 1.82) is 0 Å². The van der Waals surface area contributed by atoms with Gasteiger partial charge in [-0.1, -0.05) is 25.1 Å². The summed E-state index contributed by atoms with van der Waals surface area (Å²) in [5.41, 5.74) is 3.00. The summed E-state index contributed by atoms with van der Waals surface area (Å²) in [4.78, 5) is 20.7. The molecule has 1 aliphatic rings. The lowest BCUT2D eigenvalue weighted by Gasteiger charge is -2.39. The van der Waals surface area contributed by atoms with Gasteiger partial charge in [0, 0.05) is 44.4 Å². The molecule has 2 aromatic heterocycles. The van der Waals surface area contributed by atoms with Crippen molar-refractivity contribution in [3.63, 3.8) is 0 Å². The standard InChI is InChI=1S/C26H30FN7O2/c1-3-18-8-9-22-19(16-18)17-20(26(35)28-22)24(25-29-30-31-34(25)14-15-36-2)33-12-10-32(11-13-33)23-7-5-4-6-21(23)27/h4-9,16-17,24H,3,10-15H2,1-2H3,(H,28,35)/t24-/m0/s1. The topological polar surface area (TPSA) is 92.2 Å². The van der Waals surface area contributed by atoms with Crippen molar-refractivity contribution in [2.24, 2.45) is 0 Å². The van der Waals surface area contributed by atoms with Gasteiger partial charge in [-0.15, -0.1) is 5.10 Å². The third-order valence-electron chi connectivity index (χ3n) is 6.82. The minimum Gasteiger partial charge on any atom is -0.383 e. The third kappa shape index (κ3) is 4.74. The summed E-state index contributed by atoms with van der Waals surface area (Å²) in [7, 11) is 1.63. The molecule has 4 aromatic rings. The number of aromatic nitrogens is 5. The Bertz CT molecular complexity index is 1390. The van der Waals surface area contributed by atoms with Gasteiger partial charge in [0.1, 0.15) is 11.9 Å². The van der Waals surface area contributed by atoms with Crippen LogP contribution in [0.15, 0.2) is 53.3 Å². The van der Waals surface area contributed by atoms with Gasteiger partial charge >= 0.3 is 0 Å². The van der Waals surface area contributed by atoms with Crippen LogP contribution in [0.25, 0.3) is 10.9 Å². The maximum absolute atomic E-state index is 14.4. The largest absolute Gasteiger partial charge is 0.383 e. The van der Waals surface area contributed by atoms with Gasteiger partial charge in [-0.2, -0.15) is 0 Å². The molecule has 1 N–H and O–H groups in total. The molecule has 0 aliphatic carbocycles. The van der Waals surface area contributed by atoms with Gasteiger partial charge < -0.3 is 14.6 Å². The Morgan fingerprint density at radius 1 is 1.11 bits per heavy atom. The highest BCUT2D eigenvalue weighted by molar-refractivity contribution is 5.80. The third-order valence-corrected chi connectivity index (χ3v) is 6.82. The van der Waals surface area contributed by atoms with Crippen LogP contribution in [-0.2, 0) is 17.7 Å². The molecule has 188 valence electrons. The number of nitrogens with one attached hydrogen (secondary N) is 1. The summed E-state index contributed by atoms with van der Waals surface area (Å²) in [6.07, 6.45) is 0.904. The summed E-state index contributed by atoms with van der Waals surface area (Å²) in [6.45, 7) is 5.47. The van der Waals surface area contributed by atoms with Gasteiger partial charge in [-0.3, -0.25) is 9.69 Å². The van der Waals surface area contributed by atoms with Gasteiger partial charge in [-0.05, 0) is 58.1 Å². The number of rotatable bonds is 8. The average molecular weight is 492 g/mol. The number of anilines is 1. The van der Waals surface area contributed by atoms with Crippen molar-refractivity contribution in [3.8, 4) is 0 Å². The molecule has 0 bridgehead atoms. The number of tetrazole rings is 1. The first-order chi connectivity index (χ1) is 17.6. The average Bonchev–Trinajstić information content (AvgIpc) is 3.36. The van der Waals surface area contributed by atoms with E-state index < -0.39 is 6.04 Å².